The lowest BCUT2D eigenvalue weighted by Gasteiger charge is -2.33. The van der Waals surface area contributed by atoms with Crippen molar-refractivity contribution in [2.75, 3.05) is 24.5 Å². The van der Waals surface area contributed by atoms with E-state index in [0.29, 0.717) is 13.1 Å². The van der Waals surface area contributed by atoms with Crippen LogP contribution in [0.15, 0.2) is 29.8 Å². The first-order valence-electron chi connectivity index (χ1n) is 6.59. The summed E-state index contributed by atoms with van der Waals surface area (Å²) < 4.78 is 26.1. The number of allylic oxidation sites excluding steroid dienone is 1. The zero-order valence-electron chi connectivity index (χ0n) is 11.9. The molecular weight excluding hydrogens is 278 g/mol. The normalized spacial score (nSPS) is 15.4. The molecule has 112 valence electrons. The lowest BCUT2D eigenvalue weighted by atomic mass is 10.2. The van der Waals surface area contributed by atoms with Crippen LogP contribution in [-0.4, -0.2) is 36.3 Å². The van der Waals surface area contributed by atoms with Crippen LogP contribution in [-0.2, 0) is 9.59 Å². The molecular formula is C15H16F2N2O2. The maximum atomic E-state index is 13.2. The van der Waals surface area contributed by atoms with Gasteiger partial charge in [-0.1, -0.05) is 11.6 Å². The standard InChI is InChI=1S/C15H16F2N2O2/c1-10(2)5-6-18-7-8-19(15(21)14(18)20)11-3-4-12(16)13(17)9-11/h3-5,9H,6-8H2,1-2H3. The van der Waals surface area contributed by atoms with Gasteiger partial charge in [0, 0.05) is 31.4 Å². The van der Waals surface area contributed by atoms with E-state index in [1.165, 1.54) is 15.9 Å². The first-order chi connectivity index (χ1) is 9.90. The highest BCUT2D eigenvalue weighted by atomic mass is 19.2. The maximum Gasteiger partial charge on any atom is 0.316 e. The van der Waals surface area contributed by atoms with Crippen molar-refractivity contribution in [3.05, 3.63) is 41.5 Å². The number of hydrogen-bond acceptors (Lipinski definition) is 2. The van der Waals surface area contributed by atoms with Gasteiger partial charge in [0.1, 0.15) is 0 Å². The van der Waals surface area contributed by atoms with Crippen LogP contribution in [0.1, 0.15) is 13.8 Å². The van der Waals surface area contributed by atoms with E-state index in [1.807, 2.05) is 19.9 Å². The van der Waals surface area contributed by atoms with Gasteiger partial charge in [0.2, 0.25) is 0 Å². The number of halogens is 2. The summed E-state index contributed by atoms with van der Waals surface area (Å²) in [7, 11) is 0. The van der Waals surface area contributed by atoms with Crippen molar-refractivity contribution in [3.63, 3.8) is 0 Å². The van der Waals surface area contributed by atoms with Crippen LogP contribution in [0.2, 0.25) is 0 Å². The molecule has 21 heavy (non-hydrogen) atoms. The molecule has 1 aromatic carbocycles. The Morgan fingerprint density at radius 2 is 1.86 bits per heavy atom. The van der Waals surface area contributed by atoms with Crippen molar-refractivity contribution < 1.29 is 18.4 Å². The van der Waals surface area contributed by atoms with Gasteiger partial charge < -0.3 is 9.80 Å². The molecule has 6 heteroatoms. The SMILES string of the molecule is CC(C)=CCN1CCN(c2ccc(F)c(F)c2)C(=O)C1=O. The zero-order chi connectivity index (χ0) is 15.6. The van der Waals surface area contributed by atoms with Gasteiger partial charge in [-0.2, -0.15) is 0 Å². The number of carbonyl (C=O) groups is 2. The molecule has 1 saturated heterocycles. The topological polar surface area (TPSA) is 40.6 Å². The molecule has 2 rings (SSSR count). The van der Waals surface area contributed by atoms with Gasteiger partial charge >= 0.3 is 11.8 Å². The Labute approximate surface area is 121 Å². The number of anilines is 1. The average Bonchev–Trinajstić information content (AvgIpc) is 2.43. The van der Waals surface area contributed by atoms with Crippen LogP contribution < -0.4 is 4.90 Å². The van der Waals surface area contributed by atoms with Crippen LogP contribution in [0.5, 0.6) is 0 Å². The highest BCUT2D eigenvalue weighted by Crippen LogP contribution is 2.20. The quantitative estimate of drug-likeness (QED) is 0.633. The second-order valence-electron chi connectivity index (χ2n) is 5.09. The molecule has 0 spiro atoms. The molecule has 1 aromatic rings. The predicted octanol–water partition coefficient (Wildman–Crippen LogP) is 2.11. The molecule has 2 amide bonds. The van der Waals surface area contributed by atoms with Gasteiger partial charge in [-0.3, -0.25) is 9.59 Å². The molecule has 0 radical (unpaired) electrons. The van der Waals surface area contributed by atoms with Crippen LogP contribution in [0.4, 0.5) is 14.5 Å². The molecule has 1 aliphatic heterocycles. The molecule has 0 saturated carbocycles. The summed E-state index contributed by atoms with van der Waals surface area (Å²) >= 11 is 0. The monoisotopic (exact) mass is 294 g/mol. The third kappa shape index (κ3) is 3.26. The Bertz CT molecular complexity index is 610. The number of benzene rings is 1. The summed E-state index contributed by atoms with van der Waals surface area (Å²) in [6.07, 6.45) is 1.86. The van der Waals surface area contributed by atoms with E-state index in [-0.39, 0.29) is 12.2 Å². The number of nitrogens with zero attached hydrogens (tertiary/aromatic N) is 2. The van der Waals surface area contributed by atoms with Crippen molar-refractivity contribution in [1.82, 2.24) is 4.90 Å². The van der Waals surface area contributed by atoms with E-state index >= 15 is 0 Å². The molecule has 0 atom stereocenters. The van der Waals surface area contributed by atoms with Crippen molar-refractivity contribution in [2.45, 2.75) is 13.8 Å². The minimum absolute atomic E-state index is 0.189. The van der Waals surface area contributed by atoms with E-state index in [2.05, 4.69) is 0 Å². The smallest absolute Gasteiger partial charge is 0.316 e. The molecule has 0 aliphatic carbocycles. The lowest BCUT2D eigenvalue weighted by Crippen LogP contribution is -2.54. The van der Waals surface area contributed by atoms with E-state index in [0.717, 1.165) is 17.7 Å². The Hall–Kier alpha value is -2.24. The molecule has 0 N–H and O–H groups in total. The summed E-state index contributed by atoms with van der Waals surface area (Å²) in [6, 6.07) is 3.15. The number of amides is 2. The Balaban J connectivity index is 2.15. The molecule has 0 aromatic heterocycles. The number of rotatable bonds is 3. The lowest BCUT2D eigenvalue weighted by molar-refractivity contribution is -0.145. The fraction of sp³-hybridized carbons (Fsp3) is 0.333. The van der Waals surface area contributed by atoms with E-state index in [4.69, 9.17) is 0 Å². The fourth-order valence-corrected chi connectivity index (χ4v) is 2.04. The van der Waals surface area contributed by atoms with Gasteiger partial charge in [0.25, 0.3) is 0 Å². The van der Waals surface area contributed by atoms with Gasteiger partial charge in [-0.05, 0) is 26.0 Å². The summed E-state index contributed by atoms with van der Waals surface area (Å²) in [4.78, 5) is 26.7. The third-order valence-electron chi connectivity index (χ3n) is 3.24. The Kier molecular flexibility index (Phi) is 4.35. The van der Waals surface area contributed by atoms with Gasteiger partial charge in [0.15, 0.2) is 11.6 Å². The van der Waals surface area contributed by atoms with Gasteiger partial charge in [-0.15, -0.1) is 0 Å². The summed E-state index contributed by atoms with van der Waals surface area (Å²) in [6.45, 7) is 4.80. The summed E-state index contributed by atoms with van der Waals surface area (Å²) in [5.41, 5.74) is 1.24. The van der Waals surface area contributed by atoms with E-state index in [9.17, 15) is 18.4 Å². The number of hydrogen-bond donors (Lipinski definition) is 0. The van der Waals surface area contributed by atoms with Crippen molar-refractivity contribution in [1.29, 1.82) is 0 Å². The van der Waals surface area contributed by atoms with Gasteiger partial charge in [-0.25, -0.2) is 8.78 Å². The van der Waals surface area contributed by atoms with Crippen LogP contribution in [0.3, 0.4) is 0 Å². The first kappa shape index (κ1) is 15.2. The van der Waals surface area contributed by atoms with Crippen molar-refractivity contribution >= 4 is 17.5 Å². The average molecular weight is 294 g/mol. The van der Waals surface area contributed by atoms with Crippen LogP contribution in [0, 0.1) is 11.6 Å². The molecule has 0 unspecified atom stereocenters. The third-order valence-corrected chi connectivity index (χ3v) is 3.24. The second kappa shape index (κ2) is 6.03. The minimum Gasteiger partial charge on any atom is -0.329 e. The molecule has 1 heterocycles. The zero-order valence-corrected chi connectivity index (χ0v) is 11.9. The number of piperazine rings is 1. The van der Waals surface area contributed by atoms with Crippen LogP contribution >= 0.6 is 0 Å². The first-order valence-corrected chi connectivity index (χ1v) is 6.59. The molecule has 0 bridgehead atoms. The maximum absolute atomic E-state index is 13.2. The number of carbonyl (C=O) groups excluding carboxylic acids is 2. The molecule has 1 aliphatic rings. The molecule has 4 nitrogen and oxygen atoms in total. The largest absolute Gasteiger partial charge is 0.329 e. The van der Waals surface area contributed by atoms with Crippen LogP contribution in [0.25, 0.3) is 0 Å². The second-order valence-corrected chi connectivity index (χ2v) is 5.09. The Morgan fingerprint density at radius 1 is 1.14 bits per heavy atom. The summed E-state index contributed by atoms with van der Waals surface area (Å²) in [5, 5.41) is 0. The van der Waals surface area contributed by atoms with Crippen molar-refractivity contribution in [3.8, 4) is 0 Å². The summed E-state index contributed by atoms with van der Waals surface area (Å²) in [5.74, 6) is -3.39. The van der Waals surface area contributed by atoms with E-state index < -0.39 is 23.4 Å². The van der Waals surface area contributed by atoms with Crippen molar-refractivity contribution in [2.24, 2.45) is 0 Å². The fourth-order valence-electron chi connectivity index (χ4n) is 2.04. The van der Waals surface area contributed by atoms with E-state index in [1.54, 1.807) is 0 Å². The highest BCUT2D eigenvalue weighted by Gasteiger charge is 2.33. The minimum atomic E-state index is -1.04. The Morgan fingerprint density at radius 3 is 2.48 bits per heavy atom. The van der Waals surface area contributed by atoms with Gasteiger partial charge in [0.05, 0.1) is 0 Å². The highest BCUT2D eigenvalue weighted by molar-refractivity contribution is 6.41. The molecule has 1 fully saturated rings. The predicted molar refractivity (Wildman–Crippen MR) is 74.7 cm³/mol.